The summed E-state index contributed by atoms with van der Waals surface area (Å²) in [6, 6.07) is 7.37. The molecular formula is C16H15NO5. The van der Waals surface area contributed by atoms with Gasteiger partial charge in [-0.25, -0.2) is 4.79 Å². The second-order valence-corrected chi connectivity index (χ2v) is 4.76. The number of carboxylic acids is 1. The van der Waals surface area contributed by atoms with E-state index in [1.165, 1.54) is 24.3 Å². The molecule has 22 heavy (non-hydrogen) atoms. The largest absolute Gasteiger partial charge is 0.507 e. The van der Waals surface area contributed by atoms with Crippen molar-refractivity contribution in [2.45, 2.75) is 13.8 Å². The van der Waals surface area contributed by atoms with Gasteiger partial charge >= 0.3 is 5.97 Å². The molecule has 114 valence electrons. The minimum absolute atomic E-state index is 0.226. The number of carbonyl (C=O) groups excluding carboxylic acids is 1. The van der Waals surface area contributed by atoms with Crippen LogP contribution in [0.1, 0.15) is 28.8 Å². The first-order valence-electron chi connectivity index (χ1n) is 6.49. The van der Waals surface area contributed by atoms with E-state index in [4.69, 9.17) is 9.52 Å². The van der Waals surface area contributed by atoms with Crippen LogP contribution in [0.25, 0.3) is 5.57 Å². The molecule has 6 heteroatoms. The molecular weight excluding hydrogens is 286 g/mol. The molecule has 1 heterocycles. The van der Waals surface area contributed by atoms with Crippen molar-refractivity contribution < 1.29 is 24.2 Å². The molecule has 0 radical (unpaired) electrons. The summed E-state index contributed by atoms with van der Waals surface area (Å²) in [6.45, 7) is 3.55. The predicted octanol–water partition coefficient (Wildman–Crippen LogP) is 3.03. The molecule has 0 bridgehead atoms. The van der Waals surface area contributed by atoms with Crippen molar-refractivity contribution in [3.63, 3.8) is 0 Å². The lowest BCUT2D eigenvalue weighted by Crippen LogP contribution is -2.09. The first-order valence-corrected chi connectivity index (χ1v) is 6.49. The lowest BCUT2D eigenvalue weighted by atomic mass is 10.1. The zero-order valence-electron chi connectivity index (χ0n) is 12.1. The Labute approximate surface area is 126 Å². The fraction of sp³-hybridized carbons (Fsp3) is 0.125. The smallest absolute Gasteiger partial charge is 0.339 e. The van der Waals surface area contributed by atoms with Crippen LogP contribution in [0.4, 0.5) is 5.69 Å². The van der Waals surface area contributed by atoms with Crippen molar-refractivity contribution in [2.75, 3.05) is 5.32 Å². The standard InChI is InChI=1S/C16H15NO5/c1-9(14-6-3-10(2)22-14)7-15(19)17-11-4-5-12(16(20)21)13(18)8-11/h3-8,18H,1-2H3,(H,17,19)(H,20,21). The average molecular weight is 301 g/mol. The van der Waals surface area contributed by atoms with Crippen LogP contribution in [0.2, 0.25) is 0 Å². The van der Waals surface area contributed by atoms with Gasteiger partial charge in [0, 0.05) is 17.8 Å². The number of anilines is 1. The highest BCUT2D eigenvalue weighted by molar-refractivity contribution is 6.04. The minimum atomic E-state index is -1.24. The molecule has 0 atom stereocenters. The molecule has 1 amide bonds. The second-order valence-electron chi connectivity index (χ2n) is 4.76. The first-order chi connectivity index (χ1) is 10.4. The number of rotatable bonds is 4. The van der Waals surface area contributed by atoms with Gasteiger partial charge in [-0.2, -0.15) is 0 Å². The summed E-state index contributed by atoms with van der Waals surface area (Å²) in [5.74, 6) is -0.713. The van der Waals surface area contributed by atoms with Gasteiger partial charge in [0.05, 0.1) is 0 Å². The summed E-state index contributed by atoms with van der Waals surface area (Å²) < 4.78 is 5.40. The highest BCUT2D eigenvalue weighted by Gasteiger charge is 2.11. The van der Waals surface area contributed by atoms with Gasteiger partial charge in [-0.1, -0.05) is 0 Å². The normalized spacial score (nSPS) is 11.3. The van der Waals surface area contributed by atoms with E-state index in [2.05, 4.69) is 5.32 Å². The zero-order chi connectivity index (χ0) is 16.3. The van der Waals surface area contributed by atoms with E-state index in [0.717, 1.165) is 5.76 Å². The van der Waals surface area contributed by atoms with Crippen LogP contribution < -0.4 is 5.32 Å². The Morgan fingerprint density at radius 1 is 1.23 bits per heavy atom. The van der Waals surface area contributed by atoms with Crippen LogP contribution in [0.3, 0.4) is 0 Å². The number of benzene rings is 1. The molecule has 0 aliphatic heterocycles. The molecule has 0 aliphatic carbocycles. The summed E-state index contributed by atoms with van der Waals surface area (Å²) >= 11 is 0. The molecule has 3 N–H and O–H groups in total. The molecule has 0 spiro atoms. The summed E-state index contributed by atoms with van der Waals surface area (Å²) in [6.07, 6.45) is 1.36. The van der Waals surface area contributed by atoms with E-state index in [0.29, 0.717) is 17.0 Å². The number of hydrogen-bond acceptors (Lipinski definition) is 4. The van der Waals surface area contributed by atoms with Crippen LogP contribution in [-0.2, 0) is 4.79 Å². The molecule has 1 aromatic heterocycles. The topological polar surface area (TPSA) is 99.8 Å². The number of amides is 1. The average Bonchev–Trinajstić information content (AvgIpc) is 2.85. The zero-order valence-corrected chi connectivity index (χ0v) is 12.1. The van der Waals surface area contributed by atoms with Crippen LogP contribution in [-0.4, -0.2) is 22.1 Å². The monoisotopic (exact) mass is 301 g/mol. The third-order valence-electron chi connectivity index (χ3n) is 2.97. The third kappa shape index (κ3) is 3.54. The van der Waals surface area contributed by atoms with Gasteiger partial charge < -0.3 is 19.9 Å². The molecule has 0 saturated heterocycles. The summed E-state index contributed by atoms with van der Waals surface area (Å²) in [5.41, 5.74) is 0.722. The summed E-state index contributed by atoms with van der Waals surface area (Å²) in [7, 11) is 0. The Kier molecular flexibility index (Phi) is 4.31. The molecule has 0 unspecified atom stereocenters. The van der Waals surface area contributed by atoms with E-state index in [-0.39, 0.29) is 5.56 Å². The number of carboxylic acid groups (broad SMARTS) is 1. The molecule has 2 rings (SSSR count). The van der Waals surface area contributed by atoms with Gasteiger partial charge in [0.1, 0.15) is 22.8 Å². The van der Waals surface area contributed by atoms with Crippen molar-refractivity contribution in [3.05, 3.63) is 53.5 Å². The van der Waals surface area contributed by atoms with Crippen LogP contribution in [0.5, 0.6) is 5.75 Å². The fourth-order valence-corrected chi connectivity index (χ4v) is 1.88. The number of furan rings is 1. The Morgan fingerprint density at radius 3 is 2.50 bits per heavy atom. The van der Waals surface area contributed by atoms with Crippen molar-refractivity contribution in [3.8, 4) is 5.75 Å². The summed E-state index contributed by atoms with van der Waals surface area (Å²) in [4.78, 5) is 22.7. The quantitative estimate of drug-likeness (QED) is 0.754. The maximum absolute atomic E-state index is 11.9. The van der Waals surface area contributed by atoms with Crippen molar-refractivity contribution in [1.29, 1.82) is 0 Å². The number of hydrogen-bond donors (Lipinski definition) is 3. The minimum Gasteiger partial charge on any atom is -0.507 e. The van der Waals surface area contributed by atoms with Gasteiger partial charge in [0.25, 0.3) is 0 Å². The van der Waals surface area contributed by atoms with E-state index in [1.54, 1.807) is 19.1 Å². The van der Waals surface area contributed by atoms with E-state index in [1.807, 2.05) is 6.92 Å². The Balaban J connectivity index is 2.12. The van der Waals surface area contributed by atoms with Gasteiger partial charge in [-0.05, 0) is 43.7 Å². The maximum atomic E-state index is 11.9. The highest BCUT2D eigenvalue weighted by atomic mass is 16.4. The van der Waals surface area contributed by atoms with Gasteiger partial charge in [0.2, 0.25) is 5.91 Å². The van der Waals surface area contributed by atoms with Crippen LogP contribution >= 0.6 is 0 Å². The SMILES string of the molecule is CC(=CC(=O)Nc1ccc(C(=O)O)c(O)c1)c1ccc(C)o1. The van der Waals surface area contributed by atoms with Crippen LogP contribution in [0.15, 0.2) is 40.8 Å². The van der Waals surface area contributed by atoms with E-state index < -0.39 is 17.6 Å². The van der Waals surface area contributed by atoms with Crippen molar-refractivity contribution in [2.24, 2.45) is 0 Å². The van der Waals surface area contributed by atoms with Gasteiger partial charge in [-0.3, -0.25) is 4.79 Å². The van der Waals surface area contributed by atoms with Gasteiger partial charge in [-0.15, -0.1) is 0 Å². The summed E-state index contributed by atoms with van der Waals surface area (Å²) in [5, 5.41) is 20.9. The lowest BCUT2D eigenvalue weighted by Gasteiger charge is -2.05. The number of aryl methyl sites for hydroxylation is 1. The molecule has 0 saturated carbocycles. The number of allylic oxidation sites excluding steroid dienone is 1. The molecule has 6 nitrogen and oxygen atoms in total. The first kappa shape index (κ1) is 15.4. The van der Waals surface area contributed by atoms with Crippen molar-refractivity contribution >= 4 is 23.1 Å². The van der Waals surface area contributed by atoms with Crippen LogP contribution in [0, 0.1) is 6.92 Å². The van der Waals surface area contributed by atoms with E-state index in [9.17, 15) is 14.7 Å². The van der Waals surface area contributed by atoms with Crippen molar-refractivity contribution in [1.82, 2.24) is 0 Å². The number of nitrogens with one attached hydrogen (secondary N) is 1. The molecule has 2 aromatic rings. The second kappa shape index (κ2) is 6.17. The fourth-order valence-electron chi connectivity index (χ4n) is 1.88. The Morgan fingerprint density at radius 2 is 1.95 bits per heavy atom. The highest BCUT2D eigenvalue weighted by Crippen LogP contribution is 2.22. The Bertz CT molecular complexity index is 758. The number of carbonyl (C=O) groups is 2. The number of aromatic hydroxyl groups is 1. The third-order valence-corrected chi connectivity index (χ3v) is 2.97. The number of aromatic carboxylic acids is 1. The molecule has 1 aromatic carbocycles. The Hall–Kier alpha value is -3.02. The predicted molar refractivity (Wildman–Crippen MR) is 80.8 cm³/mol. The van der Waals surface area contributed by atoms with Gasteiger partial charge in [0.15, 0.2) is 0 Å². The molecule has 0 fully saturated rings. The van der Waals surface area contributed by atoms with E-state index >= 15 is 0 Å². The lowest BCUT2D eigenvalue weighted by molar-refractivity contribution is -0.111. The molecule has 0 aliphatic rings. The maximum Gasteiger partial charge on any atom is 0.339 e. The number of phenols is 1.